The molecular weight excluding hydrogens is 216 g/mol. The molecule has 0 N–H and O–H groups in total. The van der Waals surface area contributed by atoms with E-state index >= 15 is 0 Å². The second-order valence-corrected chi connectivity index (χ2v) is 3.37. The van der Waals surface area contributed by atoms with Crippen molar-refractivity contribution in [2.75, 3.05) is 7.11 Å². The fourth-order valence-corrected chi connectivity index (χ4v) is 1.31. The molecule has 0 bridgehead atoms. The molecule has 0 aromatic heterocycles. The maximum Gasteiger partial charge on any atom is 0.262 e. The van der Waals surface area contributed by atoms with E-state index in [1.807, 2.05) is 6.92 Å². The van der Waals surface area contributed by atoms with E-state index in [-0.39, 0.29) is 0 Å². The van der Waals surface area contributed by atoms with E-state index in [0.29, 0.717) is 12.2 Å². The summed E-state index contributed by atoms with van der Waals surface area (Å²) in [6.45, 7) is 1.84. The van der Waals surface area contributed by atoms with Crippen LogP contribution in [0.25, 0.3) is 0 Å². The Bertz CT molecular complexity index is 321. The summed E-state index contributed by atoms with van der Waals surface area (Å²) in [5, 5.41) is -0.478. The van der Waals surface area contributed by atoms with Crippen molar-refractivity contribution in [2.45, 2.75) is 19.4 Å². The van der Waals surface area contributed by atoms with Gasteiger partial charge >= 0.3 is 0 Å². The molecule has 1 aromatic carbocycles. The van der Waals surface area contributed by atoms with Crippen molar-refractivity contribution >= 4 is 16.8 Å². The van der Waals surface area contributed by atoms with Gasteiger partial charge in [-0.1, -0.05) is 6.92 Å². The first-order chi connectivity index (χ1) is 7.17. The summed E-state index contributed by atoms with van der Waals surface area (Å²) in [5.41, 5.74) is 0. The Morgan fingerprint density at radius 3 is 2.27 bits per heavy atom. The van der Waals surface area contributed by atoms with Gasteiger partial charge in [0.05, 0.1) is 7.11 Å². The topological polar surface area (TPSA) is 35.5 Å². The Morgan fingerprint density at radius 1 is 1.33 bits per heavy atom. The van der Waals surface area contributed by atoms with Gasteiger partial charge in [-0.25, -0.2) is 0 Å². The number of benzene rings is 1. The van der Waals surface area contributed by atoms with Gasteiger partial charge in [0.2, 0.25) is 0 Å². The largest absolute Gasteiger partial charge is 0.497 e. The average Bonchev–Trinajstić information content (AvgIpc) is 2.26. The van der Waals surface area contributed by atoms with Gasteiger partial charge < -0.3 is 9.47 Å². The van der Waals surface area contributed by atoms with Gasteiger partial charge in [-0.3, -0.25) is 4.79 Å². The van der Waals surface area contributed by atoms with Gasteiger partial charge in [-0.2, -0.15) is 0 Å². The smallest absolute Gasteiger partial charge is 0.262 e. The summed E-state index contributed by atoms with van der Waals surface area (Å²) in [4.78, 5) is 10.9. The molecular formula is C11H13ClO3. The fourth-order valence-electron chi connectivity index (χ4n) is 1.11. The van der Waals surface area contributed by atoms with E-state index in [1.165, 1.54) is 0 Å². The highest BCUT2D eigenvalue weighted by Crippen LogP contribution is 2.19. The normalized spacial score (nSPS) is 11.9. The quantitative estimate of drug-likeness (QED) is 0.727. The average molecular weight is 229 g/mol. The van der Waals surface area contributed by atoms with E-state index in [0.717, 1.165) is 5.75 Å². The summed E-state index contributed by atoms with van der Waals surface area (Å²) < 4.78 is 10.4. The molecule has 0 radical (unpaired) electrons. The zero-order valence-corrected chi connectivity index (χ0v) is 9.45. The van der Waals surface area contributed by atoms with Crippen LogP contribution in [0.3, 0.4) is 0 Å². The standard InChI is InChI=1S/C11H13ClO3/c1-3-10(11(12)13)15-9-6-4-8(14-2)5-7-9/h4-7,10H,3H2,1-2H3/t10-/m1/s1. The summed E-state index contributed by atoms with van der Waals surface area (Å²) in [6.07, 6.45) is -0.0333. The number of rotatable bonds is 5. The number of hydrogen-bond acceptors (Lipinski definition) is 3. The van der Waals surface area contributed by atoms with Gasteiger partial charge in [0.25, 0.3) is 5.24 Å². The molecule has 3 nitrogen and oxygen atoms in total. The number of hydrogen-bond donors (Lipinski definition) is 0. The maximum absolute atomic E-state index is 10.9. The molecule has 0 heterocycles. The summed E-state index contributed by atoms with van der Waals surface area (Å²) in [6, 6.07) is 7.00. The molecule has 1 atom stereocenters. The van der Waals surface area contributed by atoms with Crippen LogP contribution in [0, 0.1) is 0 Å². The predicted octanol–water partition coefficient (Wildman–Crippen LogP) is 2.62. The lowest BCUT2D eigenvalue weighted by atomic mass is 10.3. The van der Waals surface area contributed by atoms with Crippen LogP contribution in [-0.4, -0.2) is 18.5 Å². The molecule has 1 aromatic rings. The number of carbonyl (C=O) groups excluding carboxylic acids is 1. The number of carbonyl (C=O) groups is 1. The van der Waals surface area contributed by atoms with Crippen molar-refractivity contribution in [3.63, 3.8) is 0 Å². The molecule has 15 heavy (non-hydrogen) atoms. The lowest BCUT2D eigenvalue weighted by Gasteiger charge is -2.13. The van der Waals surface area contributed by atoms with Crippen molar-refractivity contribution < 1.29 is 14.3 Å². The van der Waals surface area contributed by atoms with Crippen molar-refractivity contribution in [2.24, 2.45) is 0 Å². The van der Waals surface area contributed by atoms with E-state index in [9.17, 15) is 4.79 Å². The Morgan fingerprint density at radius 2 is 1.87 bits per heavy atom. The summed E-state index contributed by atoms with van der Waals surface area (Å²) in [7, 11) is 1.59. The van der Waals surface area contributed by atoms with E-state index in [2.05, 4.69) is 0 Å². The van der Waals surface area contributed by atoms with Gasteiger partial charge in [-0.15, -0.1) is 0 Å². The fraction of sp³-hybridized carbons (Fsp3) is 0.364. The minimum atomic E-state index is -0.583. The molecule has 0 unspecified atom stereocenters. The lowest BCUT2D eigenvalue weighted by Crippen LogP contribution is -2.22. The zero-order valence-electron chi connectivity index (χ0n) is 8.70. The second-order valence-electron chi connectivity index (χ2n) is 2.99. The molecule has 1 rings (SSSR count). The van der Waals surface area contributed by atoms with Crippen LogP contribution in [0.5, 0.6) is 11.5 Å². The molecule has 0 fully saturated rings. The van der Waals surface area contributed by atoms with Gasteiger partial charge in [0, 0.05) is 0 Å². The third-order valence-electron chi connectivity index (χ3n) is 1.96. The third kappa shape index (κ3) is 3.44. The lowest BCUT2D eigenvalue weighted by molar-refractivity contribution is -0.117. The Kier molecular flexibility index (Phi) is 4.43. The minimum absolute atomic E-state index is 0.478. The van der Waals surface area contributed by atoms with Crippen LogP contribution < -0.4 is 9.47 Å². The van der Waals surface area contributed by atoms with E-state index in [1.54, 1.807) is 31.4 Å². The van der Waals surface area contributed by atoms with Crippen molar-refractivity contribution in [1.29, 1.82) is 0 Å². The van der Waals surface area contributed by atoms with Crippen LogP contribution in [-0.2, 0) is 4.79 Å². The molecule has 0 aliphatic carbocycles. The van der Waals surface area contributed by atoms with Gasteiger partial charge in [0.15, 0.2) is 6.10 Å². The minimum Gasteiger partial charge on any atom is -0.497 e. The highest BCUT2D eigenvalue weighted by Gasteiger charge is 2.15. The first-order valence-electron chi connectivity index (χ1n) is 4.67. The highest BCUT2D eigenvalue weighted by atomic mass is 35.5. The second kappa shape index (κ2) is 5.61. The van der Waals surface area contributed by atoms with E-state index in [4.69, 9.17) is 21.1 Å². The first-order valence-corrected chi connectivity index (χ1v) is 5.05. The molecule has 0 amide bonds. The summed E-state index contributed by atoms with van der Waals surface area (Å²) in [5.74, 6) is 1.35. The summed E-state index contributed by atoms with van der Waals surface area (Å²) >= 11 is 5.36. The Labute approximate surface area is 93.9 Å². The molecule has 0 saturated heterocycles. The predicted molar refractivity (Wildman–Crippen MR) is 58.6 cm³/mol. The van der Waals surface area contributed by atoms with Crippen LogP contribution in [0.15, 0.2) is 24.3 Å². The Hall–Kier alpha value is -1.22. The number of ether oxygens (including phenoxy) is 2. The van der Waals surface area contributed by atoms with Gasteiger partial charge in [-0.05, 0) is 42.3 Å². The molecule has 0 aliphatic heterocycles. The molecule has 0 spiro atoms. The number of methoxy groups -OCH3 is 1. The van der Waals surface area contributed by atoms with Gasteiger partial charge in [0.1, 0.15) is 11.5 Å². The van der Waals surface area contributed by atoms with Crippen LogP contribution in [0.1, 0.15) is 13.3 Å². The molecule has 0 aliphatic rings. The van der Waals surface area contributed by atoms with Crippen molar-refractivity contribution in [1.82, 2.24) is 0 Å². The van der Waals surface area contributed by atoms with Crippen LogP contribution in [0.2, 0.25) is 0 Å². The van der Waals surface area contributed by atoms with Crippen LogP contribution >= 0.6 is 11.6 Å². The zero-order chi connectivity index (χ0) is 11.3. The third-order valence-corrected chi connectivity index (χ3v) is 2.21. The van der Waals surface area contributed by atoms with Crippen molar-refractivity contribution in [3.05, 3.63) is 24.3 Å². The molecule has 82 valence electrons. The van der Waals surface area contributed by atoms with Crippen molar-refractivity contribution in [3.8, 4) is 11.5 Å². The number of halogens is 1. The molecule has 0 saturated carbocycles. The van der Waals surface area contributed by atoms with E-state index < -0.39 is 11.3 Å². The monoisotopic (exact) mass is 228 g/mol. The molecule has 4 heteroatoms. The SMILES string of the molecule is CC[C@@H](Oc1ccc(OC)cc1)C(=O)Cl. The first kappa shape index (κ1) is 11.9. The maximum atomic E-state index is 10.9. The van der Waals surface area contributed by atoms with Crippen LogP contribution in [0.4, 0.5) is 0 Å². The highest BCUT2D eigenvalue weighted by molar-refractivity contribution is 6.64. The Balaban J connectivity index is 2.67.